The van der Waals surface area contributed by atoms with Crippen molar-refractivity contribution in [3.05, 3.63) is 23.3 Å². The van der Waals surface area contributed by atoms with Crippen molar-refractivity contribution in [2.24, 2.45) is 0 Å². The van der Waals surface area contributed by atoms with Crippen LogP contribution in [0.2, 0.25) is 0 Å². The molecule has 74 valence electrons. The van der Waals surface area contributed by atoms with Crippen LogP contribution in [0, 0.1) is 11.6 Å². The highest BCUT2D eigenvalue weighted by Gasteiger charge is 2.22. The number of fused-ring (bicyclic) bond motifs is 1. The molecule has 1 aromatic carbocycles. The molecule has 0 atom stereocenters. The van der Waals surface area contributed by atoms with E-state index in [4.69, 9.17) is 9.47 Å². The lowest BCUT2D eigenvalue weighted by Crippen LogP contribution is -2.17. The molecule has 1 aliphatic heterocycles. The van der Waals surface area contributed by atoms with Gasteiger partial charge in [0.2, 0.25) is 0 Å². The van der Waals surface area contributed by atoms with Crippen molar-refractivity contribution >= 4 is 6.29 Å². The Labute approximate surface area is 78.2 Å². The molecule has 1 heterocycles. The molecule has 14 heavy (non-hydrogen) atoms. The highest BCUT2D eigenvalue weighted by atomic mass is 19.2. The highest BCUT2D eigenvalue weighted by Crippen LogP contribution is 2.35. The fraction of sp³-hybridized carbons (Fsp3) is 0.222. The van der Waals surface area contributed by atoms with Crippen LogP contribution in [-0.4, -0.2) is 19.5 Å². The van der Waals surface area contributed by atoms with Crippen molar-refractivity contribution in [2.75, 3.05) is 13.2 Å². The number of carbonyl (C=O) groups excluding carboxylic acids is 1. The minimum atomic E-state index is -1.20. The number of carbonyl (C=O) groups is 1. The third-order valence-corrected chi connectivity index (χ3v) is 1.88. The van der Waals surface area contributed by atoms with Gasteiger partial charge in [0.1, 0.15) is 13.2 Å². The predicted octanol–water partition coefficient (Wildman–Crippen LogP) is 1.55. The third kappa shape index (κ3) is 1.21. The summed E-state index contributed by atoms with van der Waals surface area (Å²) in [5.74, 6) is -2.27. The maximum absolute atomic E-state index is 13.0. The van der Waals surface area contributed by atoms with Gasteiger partial charge in [0.25, 0.3) is 0 Å². The first-order valence-corrected chi connectivity index (χ1v) is 3.97. The van der Waals surface area contributed by atoms with E-state index >= 15 is 0 Å². The standard InChI is InChI=1S/C9H6F2O3/c10-6-3-7-9(14-2-1-13-7)5(4-12)8(6)11/h3-4H,1-2H2. The maximum Gasteiger partial charge on any atom is 0.175 e. The summed E-state index contributed by atoms with van der Waals surface area (Å²) >= 11 is 0. The zero-order chi connectivity index (χ0) is 10.1. The number of hydrogen-bond donors (Lipinski definition) is 0. The van der Waals surface area contributed by atoms with Gasteiger partial charge < -0.3 is 9.47 Å². The van der Waals surface area contributed by atoms with E-state index in [9.17, 15) is 13.6 Å². The second kappa shape index (κ2) is 3.25. The second-order valence-corrected chi connectivity index (χ2v) is 2.73. The summed E-state index contributed by atoms with van der Waals surface area (Å²) in [7, 11) is 0. The van der Waals surface area contributed by atoms with Gasteiger partial charge in [-0.1, -0.05) is 0 Å². The van der Waals surface area contributed by atoms with Crippen molar-refractivity contribution in [1.29, 1.82) is 0 Å². The van der Waals surface area contributed by atoms with E-state index < -0.39 is 17.2 Å². The van der Waals surface area contributed by atoms with Crippen molar-refractivity contribution < 1.29 is 23.0 Å². The van der Waals surface area contributed by atoms with Gasteiger partial charge in [0.05, 0.1) is 5.56 Å². The SMILES string of the molecule is O=Cc1c(F)c(F)cc2c1OCCO2. The molecule has 3 nitrogen and oxygen atoms in total. The largest absolute Gasteiger partial charge is 0.486 e. The van der Waals surface area contributed by atoms with Crippen molar-refractivity contribution in [3.8, 4) is 11.5 Å². The van der Waals surface area contributed by atoms with Gasteiger partial charge in [-0.25, -0.2) is 8.78 Å². The van der Waals surface area contributed by atoms with Crippen LogP contribution in [0.25, 0.3) is 0 Å². The zero-order valence-corrected chi connectivity index (χ0v) is 7.05. The van der Waals surface area contributed by atoms with Crippen molar-refractivity contribution in [1.82, 2.24) is 0 Å². The Morgan fingerprint density at radius 3 is 2.71 bits per heavy atom. The van der Waals surface area contributed by atoms with Gasteiger partial charge in [0.15, 0.2) is 29.4 Å². The second-order valence-electron chi connectivity index (χ2n) is 2.73. The summed E-state index contributed by atoms with van der Waals surface area (Å²) in [6.07, 6.45) is 0.214. The van der Waals surface area contributed by atoms with Crippen LogP contribution < -0.4 is 9.47 Å². The molecular weight excluding hydrogens is 194 g/mol. The van der Waals surface area contributed by atoms with Crippen LogP contribution in [0.1, 0.15) is 10.4 Å². The summed E-state index contributed by atoms with van der Waals surface area (Å²) in [4.78, 5) is 10.5. The lowest BCUT2D eigenvalue weighted by molar-refractivity contribution is 0.110. The average molecular weight is 200 g/mol. The van der Waals surface area contributed by atoms with E-state index in [2.05, 4.69) is 0 Å². The molecule has 0 unspecified atom stereocenters. The molecule has 0 N–H and O–H groups in total. The summed E-state index contributed by atoms with van der Waals surface area (Å²) in [5, 5.41) is 0. The number of ether oxygens (including phenoxy) is 2. The lowest BCUT2D eigenvalue weighted by Gasteiger charge is -2.19. The first-order chi connectivity index (χ1) is 6.74. The number of halogens is 2. The monoisotopic (exact) mass is 200 g/mol. The Kier molecular flexibility index (Phi) is 2.07. The molecule has 0 aliphatic carbocycles. The Balaban J connectivity index is 2.65. The first-order valence-electron chi connectivity index (χ1n) is 3.97. The quantitative estimate of drug-likeness (QED) is 0.645. The third-order valence-electron chi connectivity index (χ3n) is 1.88. The van der Waals surface area contributed by atoms with E-state index in [0.717, 1.165) is 6.07 Å². The van der Waals surface area contributed by atoms with Gasteiger partial charge in [-0.3, -0.25) is 4.79 Å². The van der Waals surface area contributed by atoms with E-state index in [1.807, 2.05) is 0 Å². The maximum atomic E-state index is 13.0. The summed E-state index contributed by atoms with van der Waals surface area (Å²) < 4.78 is 36.0. The van der Waals surface area contributed by atoms with E-state index in [0.29, 0.717) is 0 Å². The Morgan fingerprint density at radius 2 is 2.00 bits per heavy atom. The molecule has 0 fully saturated rings. The van der Waals surface area contributed by atoms with Gasteiger partial charge in [-0.15, -0.1) is 0 Å². The molecule has 1 aliphatic rings. The summed E-state index contributed by atoms with van der Waals surface area (Å²) in [6.45, 7) is 0.481. The van der Waals surface area contributed by atoms with Gasteiger partial charge >= 0.3 is 0 Å². The molecule has 0 radical (unpaired) electrons. The molecular formula is C9H6F2O3. The topological polar surface area (TPSA) is 35.5 Å². The van der Waals surface area contributed by atoms with Crippen molar-refractivity contribution in [3.63, 3.8) is 0 Å². The lowest BCUT2D eigenvalue weighted by atomic mass is 10.1. The van der Waals surface area contributed by atoms with Crippen LogP contribution in [-0.2, 0) is 0 Å². The summed E-state index contributed by atoms with van der Waals surface area (Å²) in [5.41, 5.74) is -0.431. The van der Waals surface area contributed by atoms with Gasteiger partial charge in [-0.05, 0) is 0 Å². The zero-order valence-electron chi connectivity index (χ0n) is 7.05. The molecule has 0 saturated carbocycles. The van der Waals surface area contributed by atoms with Gasteiger partial charge in [0, 0.05) is 6.07 Å². The van der Waals surface area contributed by atoms with Crippen molar-refractivity contribution in [2.45, 2.75) is 0 Å². The van der Waals surface area contributed by atoms with Crippen LogP contribution in [0.5, 0.6) is 11.5 Å². The smallest absolute Gasteiger partial charge is 0.175 e. The van der Waals surface area contributed by atoms with Crippen LogP contribution >= 0.6 is 0 Å². The minimum absolute atomic E-state index is 0.0230. The Bertz CT molecular complexity index is 390. The molecule has 1 aromatic rings. The Hall–Kier alpha value is -1.65. The fourth-order valence-electron chi connectivity index (χ4n) is 1.26. The van der Waals surface area contributed by atoms with Gasteiger partial charge in [-0.2, -0.15) is 0 Å². The molecule has 0 aromatic heterocycles. The summed E-state index contributed by atoms with van der Waals surface area (Å²) in [6, 6.07) is 0.872. The van der Waals surface area contributed by atoms with E-state index in [1.165, 1.54) is 0 Å². The fourth-order valence-corrected chi connectivity index (χ4v) is 1.26. The number of benzene rings is 1. The molecule has 2 rings (SSSR count). The number of rotatable bonds is 1. The van der Waals surface area contributed by atoms with Crippen LogP contribution in [0.3, 0.4) is 0 Å². The minimum Gasteiger partial charge on any atom is -0.486 e. The normalized spacial score (nSPS) is 13.9. The molecule has 0 spiro atoms. The Morgan fingerprint density at radius 1 is 1.29 bits per heavy atom. The number of hydrogen-bond acceptors (Lipinski definition) is 3. The molecule has 0 amide bonds. The molecule has 0 bridgehead atoms. The number of aldehydes is 1. The predicted molar refractivity (Wildman–Crippen MR) is 42.7 cm³/mol. The average Bonchev–Trinajstić information content (AvgIpc) is 2.20. The van der Waals surface area contributed by atoms with Crippen LogP contribution in [0.15, 0.2) is 6.07 Å². The van der Waals surface area contributed by atoms with E-state index in [1.54, 1.807) is 0 Å². The van der Waals surface area contributed by atoms with Crippen LogP contribution in [0.4, 0.5) is 8.78 Å². The van der Waals surface area contributed by atoms with E-state index in [-0.39, 0.29) is 31.0 Å². The molecule has 0 saturated heterocycles. The molecule has 5 heteroatoms. The highest BCUT2D eigenvalue weighted by molar-refractivity contribution is 5.81. The first kappa shape index (κ1) is 8.93.